The van der Waals surface area contributed by atoms with Crippen molar-refractivity contribution in [2.75, 3.05) is 12.8 Å². The Morgan fingerprint density at radius 2 is 2.11 bits per heavy atom. The van der Waals surface area contributed by atoms with Crippen LogP contribution < -0.4 is 0 Å². The molecule has 0 aromatic carbocycles. The van der Waals surface area contributed by atoms with E-state index in [-0.39, 0.29) is 12.5 Å². The molecule has 0 atom stereocenters. The summed E-state index contributed by atoms with van der Waals surface area (Å²) in [5.74, 6) is -0.854. The minimum absolute atomic E-state index is 0.139. The fourth-order valence-corrected chi connectivity index (χ4v) is 4.20. The summed E-state index contributed by atoms with van der Waals surface area (Å²) in [4.78, 5) is 12.0. The molecular weight excluding hydrogens is 296 g/mol. The van der Waals surface area contributed by atoms with Crippen LogP contribution >= 0.6 is 22.9 Å². The number of sulfonamides is 1. The van der Waals surface area contributed by atoms with Crippen LogP contribution in [-0.2, 0) is 16.7 Å². The monoisotopic (exact) mass is 304 g/mol. The molecule has 1 aliphatic rings. The summed E-state index contributed by atoms with van der Waals surface area (Å²) < 4.78 is 28.0. The summed E-state index contributed by atoms with van der Waals surface area (Å²) in [5.41, 5.74) is 1.23. The van der Waals surface area contributed by atoms with Gasteiger partial charge in [0.2, 0.25) is 10.0 Å². The van der Waals surface area contributed by atoms with Gasteiger partial charge in [0.05, 0.1) is 26.9 Å². The van der Waals surface area contributed by atoms with E-state index in [0.29, 0.717) is 10.0 Å². The van der Waals surface area contributed by atoms with Crippen molar-refractivity contribution in [3.05, 3.63) is 22.2 Å². The van der Waals surface area contributed by atoms with Gasteiger partial charge >= 0.3 is 0 Å². The number of nitrogens with zero attached hydrogens (tertiary/aromatic N) is 2. The van der Waals surface area contributed by atoms with Gasteiger partial charge in [-0.1, -0.05) is 11.6 Å². The number of hydrogen-bond acceptors (Lipinski definition) is 4. The first kappa shape index (κ1) is 12.2. The van der Waals surface area contributed by atoms with Gasteiger partial charge < -0.3 is 4.57 Å². The van der Waals surface area contributed by atoms with Crippen LogP contribution in [0.4, 0.5) is 0 Å². The third kappa shape index (κ3) is 1.70. The Balaban J connectivity index is 2.26. The number of fused-ring (bicyclic) bond motifs is 3. The Labute approximate surface area is 113 Å². The van der Waals surface area contributed by atoms with Crippen molar-refractivity contribution in [2.24, 2.45) is 0 Å². The summed E-state index contributed by atoms with van der Waals surface area (Å²) in [6.07, 6.45) is 0. The molecule has 0 unspecified atom stereocenters. The zero-order chi connectivity index (χ0) is 13.1. The first-order valence-corrected chi connectivity index (χ1v) is 7.94. The average Bonchev–Trinajstić information content (AvgIpc) is 2.73. The van der Waals surface area contributed by atoms with E-state index in [4.69, 9.17) is 11.6 Å². The molecule has 2 aromatic rings. The van der Waals surface area contributed by atoms with Crippen molar-refractivity contribution < 1.29 is 13.2 Å². The first-order valence-electron chi connectivity index (χ1n) is 5.14. The maximum atomic E-state index is 12.0. The van der Waals surface area contributed by atoms with E-state index in [0.717, 1.165) is 10.2 Å². The fraction of sp³-hybridized carbons (Fsp3) is 0.300. The lowest BCUT2D eigenvalue weighted by Gasteiger charge is -2.14. The molecule has 3 heterocycles. The van der Waals surface area contributed by atoms with E-state index in [9.17, 15) is 13.2 Å². The number of thiophene rings is 1. The van der Waals surface area contributed by atoms with Gasteiger partial charge in [-0.15, -0.1) is 11.3 Å². The van der Waals surface area contributed by atoms with Crippen LogP contribution in [0, 0.1) is 0 Å². The molecule has 0 bridgehead atoms. The number of carbonyl (C=O) groups excluding carboxylic acids is 1. The molecule has 1 aliphatic heterocycles. The maximum Gasteiger partial charge on any atom is 0.222 e. The summed E-state index contributed by atoms with van der Waals surface area (Å²) in [5, 5.41) is 0. The van der Waals surface area contributed by atoms with Gasteiger partial charge in [-0.25, -0.2) is 8.42 Å². The number of rotatable bonds is 0. The Bertz CT molecular complexity index is 760. The van der Waals surface area contributed by atoms with Crippen LogP contribution in [0.2, 0.25) is 4.34 Å². The van der Waals surface area contributed by atoms with E-state index in [2.05, 4.69) is 0 Å². The molecule has 0 radical (unpaired) electrons. The van der Waals surface area contributed by atoms with E-state index >= 15 is 0 Å². The van der Waals surface area contributed by atoms with Gasteiger partial charge in [-0.05, 0) is 12.1 Å². The molecule has 0 N–H and O–H groups in total. The van der Waals surface area contributed by atoms with E-state index in [1.807, 2.05) is 0 Å². The lowest BCUT2D eigenvalue weighted by atomic mass is 10.3. The summed E-state index contributed by atoms with van der Waals surface area (Å²) in [7, 11) is -2.04. The Hall–Kier alpha value is -0.890. The molecule has 3 rings (SSSR count). The summed E-state index contributed by atoms with van der Waals surface area (Å²) in [6, 6.07) is 3.47. The van der Waals surface area contributed by atoms with E-state index < -0.39 is 15.8 Å². The van der Waals surface area contributed by atoms with Crippen LogP contribution in [0.5, 0.6) is 0 Å². The normalized spacial score (nSPS) is 20.0. The molecule has 18 heavy (non-hydrogen) atoms. The van der Waals surface area contributed by atoms with Gasteiger partial charge in [0.1, 0.15) is 5.75 Å². The molecule has 0 fully saturated rings. The number of carbonyl (C=O) groups is 1. The molecule has 0 spiro atoms. The van der Waals surface area contributed by atoms with Crippen molar-refractivity contribution in [3.8, 4) is 0 Å². The molecule has 2 aromatic heterocycles. The Morgan fingerprint density at radius 3 is 2.83 bits per heavy atom. The van der Waals surface area contributed by atoms with Crippen molar-refractivity contribution in [1.29, 1.82) is 0 Å². The second-order valence-electron chi connectivity index (χ2n) is 4.18. The Morgan fingerprint density at radius 1 is 1.39 bits per heavy atom. The van der Waals surface area contributed by atoms with Crippen molar-refractivity contribution in [1.82, 2.24) is 8.87 Å². The third-order valence-corrected chi connectivity index (χ3v) is 5.87. The highest BCUT2D eigenvalue weighted by Crippen LogP contribution is 2.33. The van der Waals surface area contributed by atoms with Crippen LogP contribution in [0.1, 0.15) is 10.5 Å². The zero-order valence-electron chi connectivity index (χ0n) is 9.38. The standard InChI is InChI=1S/C10H9ClN2O3S2/c1-12-5-13-6(8(14)4-18(12,15)16)2-9-7(13)3-10(11)17-9/h2-3H,4-5H2,1H3. The zero-order valence-corrected chi connectivity index (χ0v) is 11.8. The van der Waals surface area contributed by atoms with Crippen LogP contribution in [-0.4, -0.2) is 35.9 Å². The summed E-state index contributed by atoms with van der Waals surface area (Å²) in [6.45, 7) is 0.139. The highest BCUT2D eigenvalue weighted by Gasteiger charge is 2.30. The molecule has 96 valence electrons. The van der Waals surface area contributed by atoms with E-state index in [1.54, 1.807) is 16.7 Å². The van der Waals surface area contributed by atoms with Gasteiger partial charge in [-0.2, -0.15) is 4.31 Å². The van der Waals surface area contributed by atoms with Crippen LogP contribution in [0.15, 0.2) is 12.1 Å². The number of ketones is 1. The van der Waals surface area contributed by atoms with Crippen molar-refractivity contribution >= 4 is 49.0 Å². The van der Waals surface area contributed by atoms with E-state index in [1.165, 1.54) is 22.7 Å². The average molecular weight is 305 g/mol. The SMILES string of the molecule is CN1Cn2c(cc3sc(Cl)cc32)C(=O)CS1(=O)=O. The van der Waals surface area contributed by atoms with Gasteiger partial charge in [0.25, 0.3) is 0 Å². The lowest BCUT2D eigenvalue weighted by molar-refractivity contribution is 0.101. The predicted octanol–water partition coefficient (Wildman–Crippen LogP) is 1.77. The molecule has 0 saturated heterocycles. The fourth-order valence-electron chi connectivity index (χ4n) is 2.03. The Kier molecular flexibility index (Phi) is 2.57. The molecule has 0 amide bonds. The van der Waals surface area contributed by atoms with Gasteiger partial charge in [-0.3, -0.25) is 4.79 Å². The number of halogens is 1. The van der Waals surface area contributed by atoms with Gasteiger partial charge in [0, 0.05) is 7.05 Å². The smallest absolute Gasteiger partial charge is 0.222 e. The second kappa shape index (κ2) is 3.80. The molecular formula is C10H9ClN2O3S2. The molecule has 8 heteroatoms. The number of hydrogen-bond donors (Lipinski definition) is 0. The number of aromatic nitrogens is 1. The van der Waals surface area contributed by atoms with Gasteiger partial charge in [0.15, 0.2) is 5.78 Å². The minimum atomic E-state index is -3.51. The van der Waals surface area contributed by atoms with Crippen LogP contribution in [0.25, 0.3) is 10.2 Å². The lowest BCUT2D eigenvalue weighted by Crippen LogP contribution is -2.29. The minimum Gasteiger partial charge on any atom is -0.323 e. The third-order valence-electron chi connectivity index (χ3n) is 2.97. The van der Waals surface area contributed by atoms with Crippen molar-refractivity contribution in [2.45, 2.75) is 6.67 Å². The topological polar surface area (TPSA) is 59.4 Å². The quantitative estimate of drug-likeness (QED) is 0.745. The second-order valence-corrected chi connectivity index (χ2v) is 7.97. The number of Topliss-reactive ketones (excluding diaryl/α,β-unsaturated/α-hetero) is 1. The molecule has 0 saturated carbocycles. The maximum absolute atomic E-state index is 12.0. The summed E-state index contributed by atoms with van der Waals surface area (Å²) >= 11 is 7.30. The highest BCUT2D eigenvalue weighted by atomic mass is 35.5. The highest BCUT2D eigenvalue weighted by molar-refractivity contribution is 7.89. The predicted molar refractivity (Wildman–Crippen MR) is 70.7 cm³/mol. The first-order chi connectivity index (χ1) is 8.38. The molecule has 0 aliphatic carbocycles. The van der Waals surface area contributed by atoms with Crippen molar-refractivity contribution in [3.63, 3.8) is 0 Å². The largest absolute Gasteiger partial charge is 0.323 e. The van der Waals surface area contributed by atoms with Crippen LogP contribution in [0.3, 0.4) is 0 Å². The molecule has 5 nitrogen and oxygen atoms in total.